The minimum absolute atomic E-state index is 0.0937. The molecule has 0 bridgehead atoms. The number of nitrogens with one attached hydrogen (secondary N) is 1. The zero-order valence-electron chi connectivity index (χ0n) is 11.1. The summed E-state index contributed by atoms with van der Waals surface area (Å²) in [5, 5.41) is 12.7. The predicted molar refractivity (Wildman–Crippen MR) is 72.3 cm³/mol. The molecule has 1 aromatic carbocycles. The molecule has 112 valence electrons. The number of nitrogens with two attached hydrogens (primary N) is 1. The van der Waals surface area contributed by atoms with Crippen LogP contribution in [0, 0.1) is 5.92 Å². The van der Waals surface area contributed by atoms with Gasteiger partial charge < -0.3 is 16.2 Å². The van der Waals surface area contributed by atoms with Gasteiger partial charge in [-0.05, 0) is 43.4 Å². The molecule has 0 saturated heterocycles. The zero-order chi connectivity index (χ0) is 14.8. The Morgan fingerprint density at radius 3 is 2.65 bits per heavy atom. The molecule has 6 heteroatoms. The number of aliphatic hydroxyl groups is 1. The monoisotopic (exact) mass is 288 g/mol. The highest BCUT2D eigenvalue weighted by Crippen LogP contribution is 2.33. The van der Waals surface area contributed by atoms with Crippen molar-refractivity contribution in [2.24, 2.45) is 5.92 Å². The minimum Gasteiger partial charge on any atom is -0.397 e. The van der Waals surface area contributed by atoms with Gasteiger partial charge >= 0.3 is 6.18 Å². The van der Waals surface area contributed by atoms with Gasteiger partial charge in [0.15, 0.2) is 0 Å². The summed E-state index contributed by atoms with van der Waals surface area (Å²) in [5.74, 6) is 0.334. The summed E-state index contributed by atoms with van der Waals surface area (Å²) in [6.07, 6.45) is -1.08. The molecule has 2 atom stereocenters. The van der Waals surface area contributed by atoms with E-state index >= 15 is 0 Å². The standard InChI is InChI=1S/C14H19F3N2O/c15-14(16,17)10-4-5-13(12(18)7-10)19-8-9-2-1-3-11(20)6-9/h4-5,7,9,11,19-20H,1-3,6,8,18H2. The van der Waals surface area contributed by atoms with Crippen LogP contribution in [-0.2, 0) is 6.18 Å². The van der Waals surface area contributed by atoms with Crippen molar-refractivity contribution in [3.8, 4) is 0 Å². The number of hydrogen-bond acceptors (Lipinski definition) is 3. The lowest BCUT2D eigenvalue weighted by Gasteiger charge is -2.26. The van der Waals surface area contributed by atoms with Crippen LogP contribution in [0.5, 0.6) is 0 Å². The lowest BCUT2D eigenvalue weighted by Crippen LogP contribution is -2.25. The number of nitrogen functional groups attached to an aromatic ring is 1. The Morgan fingerprint density at radius 2 is 2.05 bits per heavy atom. The van der Waals surface area contributed by atoms with Gasteiger partial charge in [-0.3, -0.25) is 0 Å². The fourth-order valence-electron chi connectivity index (χ4n) is 2.60. The number of hydrogen-bond donors (Lipinski definition) is 3. The summed E-state index contributed by atoms with van der Waals surface area (Å²) in [4.78, 5) is 0. The Morgan fingerprint density at radius 1 is 1.30 bits per heavy atom. The summed E-state index contributed by atoms with van der Waals surface area (Å²) in [6.45, 7) is 0.618. The molecule has 1 saturated carbocycles. The molecule has 0 aromatic heterocycles. The van der Waals surface area contributed by atoms with E-state index in [2.05, 4.69) is 5.32 Å². The molecule has 1 aromatic rings. The smallest absolute Gasteiger partial charge is 0.397 e. The van der Waals surface area contributed by atoms with Crippen LogP contribution < -0.4 is 11.1 Å². The first-order valence-electron chi connectivity index (χ1n) is 6.75. The van der Waals surface area contributed by atoms with Crippen molar-refractivity contribution >= 4 is 11.4 Å². The average Bonchev–Trinajstić information content (AvgIpc) is 2.36. The predicted octanol–water partition coefficient (Wildman–Crippen LogP) is 3.25. The summed E-state index contributed by atoms with van der Waals surface area (Å²) in [5.41, 5.74) is 5.51. The minimum atomic E-state index is -4.37. The second-order valence-corrected chi connectivity index (χ2v) is 5.37. The highest BCUT2D eigenvalue weighted by molar-refractivity contribution is 5.67. The Kier molecular flexibility index (Phi) is 4.42. The first-order chi connectivity index (χ1) is 9.36. The third-order valence-electron chi connectivity index (χ3n) is 3.72. The van der Waals surface area contributed by atoms with E-state index in [-0.39, 0.29) is 11.8 Å². The molecular weight excluding hydrogens is 269 g/mol. The van der Waals surface area contributed by atoms with Gasteiger partial charge in [0.05, 0.1) is 23.0 Å². The van der Waals surface area contributed by atoms with E-state index in [0.29, 0.717) is 18.2 Å². The number of benzene rings is 1. The second-order valence-electron chi connectivity index (χ2n) is 5.37. The molecule has 0 heterocycles. The number of halogens is 3. The normalized spacial score (nSPS) is 23.6. The van der Waals surface area contributed by atoms with Crippen molar-refractivity contribution in [2.75, 3.05) is 17.6 Å². The maximum Gasteiger partial charge on any atom is 0.416 e. The van der Waals surface area contributed by atoms with Crippen LogP contribution in [0.4, 0.5) is 24.5 Å². The summed E-state index contributed by atoms with van der Waals surface area (Å²) < 4.78 is 37.5. The Labute approximate surface area is 116 Å². The van der Waals surface area contributed by atoms with Crippen molar-refractivity contribution in [3.63, 3.8) is 0 Å². The molecule has 0 radical (unpaired) electrons. The van der Waals surface area contributed by atoms with Crippen LogP contribution in [0.2, 0.25) is 0 Å². The molecule has 1 fully saturated rings. The number of alkyl halides is 3. The van der Waals surface area contributed by atoms with Crippen LogP contribution in [0.25, 0.3) is 0 Å². The van der Waals surface area contributed by atoms with Gasteiger partial charge in [-0.15, -0.1) is 0 Å². The molecule has 2 rings (SSSR count). The van der Waals surface area contributed by atoms with Crippen molar-refractivity contribution in [3.05, 3.63) is 23.8 Å². The molecule has 0 aliphatic heterocycles. The molecule has 3 nitrogen and oxygen atoms in total. The van der Waals surface area contributed by atoms with Crippen LogP contribution in [0.3, 0.4) is 0 Å². The van der Waals surface area contributed by atoms with Crippen molar-refractivity contribution in [1.29, 1.82) is 0 Å². The third kappa shape index (κ3) is 3.79. The van der Waals surface area contributed by atoms with Crippen molar-refractivity contribution in [2.45, 2.75) is 38.0 Å². The molecule has 1 aliphatic rings. The van der Waals surface area contributed by atoms with Crippen LogP contribution in [-0.4, -0.2) is 17.8 Å². The molecule has 1 aliphatic carbocycles. The van der Waals surface area contributed by atoms with Gasteiger partial charge in [0.2, 0.25) is 0 Å². The third-order valence-corrected chi connectivity index (χ3v) is 3.72. The first kappa shape index (κ1) is 15.0. The van der Waals surface area contributed by atoms with E-state index in [4.69, 9.17) is 5.73 Å². The van der Waals surface area contributed by atoms with Gasteiger partial charge in [0.25, 0.3) is 0 Å². The quantitative estimate of drug-likeness (QED) is 0.748. The lowest BCUT2D eigenvalue weighted by molar-refractivity contribution is -0.137. The van der Waals surface area contributed by atoms with Crippen LogP contribution in [0.1, 0.15) is 31.2 Å². The topological polar surface area (TPSA) is 58.3 Å². The van der Waals surface area contributed by atoms with Crippen LogP contribution in [0.15, 0.2) is 18.2 Å². The molecule has 2 unspecified atom stereocenters. The van der Waals surface area contributed by atoms with Gasteiger partial charge in [-0.2, -0.15) is 13.2 Å². The van der Waals surface area contributed by atoms with E-state index < -0.39 is 11.7 Å². The molecule has 0 amide bonds. The van der Waals surface area contributed by atoms with E-state index in [0.717, 1.165) is 37.8 Å². The van der Waals surface area contributed by atoms with Crippen molar-refractivity contribution in [1.82, 2.24) is 0 Å². The van der Waals surface area contributed by atoms with E-state index in [1.165, 1.54) is 6.07 Å². The lowest BCUT2D eigenvalue weighted by atomic mass is 9.87. The highest BCUT2D eigenvalue weighted by Gasteiger charge is 2.30. The molecule has 4 N–H and O–H groups in total. The fraction of sp³-hybridized carbons (Fsp3) is 0.571. The zero-order valence-corrected chi connectivity index (χ0v) is 11.1. The van der Waals surface area contributed by atoms with Gasteiger partial charge in [0, 0.05) is 6.54 Å². The maximum atomic E-state index is 12.5. The molecule has 20 heavy (non-hydrogen) atoms. The van der Waals surface area contributed by atoms with Gasteiger partial charge in [-0.1, -0.05) is 6.42 Å². The fourth-order valence-corrected chi connectivity index (χ4v) is 2.60. The summed E-state index contributed by atoms with van der Waals surface area (Å²) in [6, 6.07) is 3.32. The highest BCUT2D eigenvalue weighted by atomic mass is 19.4. The number of rotatable bonds is 3. The van der Waals surface area contributed by atoms with E-state index in [1.54, 1.807) is 0 Å². The number of aliphatic hydroxyl groups excluding tert-OH is 1. The van der Waals surface area contributed by atoms with Gasteiger partial charge in [-0.25, -0.2) is 0 Å². The first-order valence-corrected chi connectivity index (χ1v) is 6.75. The molecule has 0 spiro atoms. The van der Waals surface area contributed by atoms with E-state index in [1.807, 2.05) is 0 Å². The second kappa shape index (κ2) is 5.91. The Hall–Kier alpha value is -1.43. The summed E-state index contributed by atoms with van der Waals surface area (Å²) in [7, 11) is 0. The SMILES string of the molecule is Nc1cc(C(F)(F)F)ccc1NCC1CCCC(O)C1. The van der Waals surface area contributed by atoms with E-state index in [9.17, 15) is 18.3 Å². The Balaban J connectivity index is 1.96. The molecular formula is C14H19F3N2O. The largest absolute Gasteiger partial charge is 0.416 e. The van der Waals surface area contributed by atoms with Crippen LogP contribution >= 0.6 is 0 Å². The maximum absolute atomic E-state index is 12.5. The summed E-state index contributed by atoms with van der Waals surface area (Å²) >= 11 is 0. The average molecular weight is 288 g/mol. The van der Waals surface area contributed by atoms with Gasteiger partial charge in [0.1, 0.15) is 0 Å². The Bertz CT molecular complexity index is 462. The number of anilines is 2. The van der Waals surface area contributed by atoms with Crippen molar-refractivity contribution < 1.29 is 18.3 Å².